The molecule has 0 saturated carbocycles. The molecule has 0 fully saturated rings. The van der Waals surface area contributed by atoms with Gasteiger partial charge in [-0.05, 0) is 64.0 Å². The van der Waals surface area contributed by atoms with Crippen LogP contribution in [-0.4, -0.2) is 39.8 Å². The molecule has 0 bridgehead atoms. The van der Waals surface area contributed by atoms with E-state index in [1.807, 2.05) is 59.5 Å². The fraction of sp³-hybridized carbons (Fsp3) is 0.120. The largest absolute Gasteiger partial charge is 0.497 e. The van der Waals surface area contributed by atoms with Crippen molar-refractivity contribution in [2.45, 2.75) is 6.04 Å². The van der Waals surface area contributed by atoms with E-state index in [1.165, 1.54) is 0 Å². The fourth-order valence-corrected chi connectivity index (χ4v) is 4.03. The van der Waals surface area contributed by atoms with E-state index in [-0.39, 0.29) is 18.5 Å². The Morgan fingerprint density at radius 1 is 1.03 bits per heavy atom. The van der Waals surface area contributed by atoms with Crippen molar-refractivity contribution in [1.82, 2.24) is 20.2 Å². The minimum atomic E-state index is -0.224. The van der Waals surface area contributed by atoms with Crippen LogP contribution in [0.25, 0.3) is 5.70 Å². The van der Waals surface area contributed by atoms with E-state index < -0.39 is 0 Å². The average Bonchev–Trinajstić information content (AvgIpc) is 3.36. The second kappa shape index (κ2) is 9.36. The molecule has 0 saturated heterocycles. The Balaban J connectivity index is 1.50. The first-order valence-electron chi connectivity index (χ1n) is 10.6. The number of nitrogens with one attached hydrogen (secondary N) is 1. The highest BCUT2D eigenvalue weighted by molar-refractivity contribution is 6.30. The zero-order chi connectivity index (χ0) is 23.5. The summed E-state index contributed by atoms with van der Waals surface area (Å²) in [6.45, 7) is 0.0162. The van der Waals surface area contributed by atoms with Gasteiger partial charge in [0.05, 0.1) is 12.8 Å². The number of carbonyl (C=O) groups excluding carboxylic acids is 1. The predicted molar refractivity (Wildman–Crippen MR) is 131 cm³/mol. The van der Waals surface area contributed by atoms with Crippen LogP contribution in [0.15, 0.2) is 84.9 Å². The third-order valence-electron chi connectivity index (χ3n) is 5.54. The van der Waals surface area contributed by atoms with Crippen LogP contribution in [0.1, 0.15) is 17.2 Å². The molecule has 1 amide bonds. The highest BCUT2D eigenvalue weighted by Crippen LogP contribution is 2.36. The maximum absolute atomic E-state index is 13.0. The van der Waals surface area contributed by atoms with E-state index in [1.54, 1.807) is 36.1 Å². The van der Waals surface area contributed by atoms with Crippen LogP contribution in [0.5, 0.6) is 5.75 Å². The van der Waals surface area contributed by atoms with E-state index in [9.17, 15) is 4.79 Å². The Kier molecular flexibility index (Phi) is 5.97. The average molecular weight is 473 g/mol. The summed E-state index contributed by atoms with van der Waals surface area (Å²) >= 11 is 6.13. The lowest BCUT2D eigenvalue weighted by atomic mass is 10.0. The van der Waals surface area contributed by atoms with E-state index in [4.69, 9.17) is 16.3 Å². The minimum Gasteiger partial charge on any atom is -0.497 e. The smallest absolute Gasteiger partial charge is 0.251 e. The molecular formula is C25H21ClN6O2. The van der Waals surface area contributed by atoms with Crippen molar-refractivity contribution in [3.05, 3.63) is 101 Å². The van der Waals surface area contributed by atoms with Crippen LogP contribution in [-0.2, 0) is 4.79 Å². The molecule has 4 aromatic rings. The van der Waals surface area contributed by atoms with Gasteiger partial charge in [0, 0.05) is 10.7 Å². The Hall–Kier alpha value is -4.17. The van der Waals surface area contributed by atoms with E-state index in [0.717, 1.165) is 16.8 Å². The lowest BCUT2D eigenvalue weighted by molar-refractivity contribution is -0.114. The summed E-state index contributed by atoms with van der Waals surface area (Å²) < 4.78 is 6.90. The number of nitrogens with zero attached hydrogens (tertiary/aromatic N) is 5. The van der Waals surface area contributed by atoms with Gasteiger partial charge in [-0.15, -0.1) is 0 Å². The molecule has 1 aromatic heterocycles. The summed E-state index contributed by atoms with van der Waals surface area (Å²) in [5, 5.41) is 15.9. The third-order valence-corrected chi connectivity index (χ3v) is 5.80. The van der Waals surface area contributed by atoms with Gasteiger partial charge in [0.15, 0.2) is 0 Å². The van der Waals surface area contributed by atoms with E-state index >= 15 is 0 Å². The van der Waals surface area contributed by atoms with Crippen LogP contribution in [0.2, 0.25) is 5.02 Å². The number of allylic oxidation sites excluding steroid dienone is 1. The Morgan fingerprint density at radius 3 is 2.47 bits per heavy atom. The predicted octanol–water partition coefficient (Wildman–Crippen LogP) is 4.42. The number of aromatic nitrogens is 4. The second-order valence-corrected chi connectivity index (χ2v) is 8.14. The molecule has 3 aromatic carbocycles. The van der Waals surface area contributed by atoms with E-state index in [0.29, 0.717) is 22.4 Å². The monoisotopic (exact) mass is 472 g/mol. The van der Waals surface area contributed by atoms with Crippen LogP contribution in [0.3, 0.4) is 0 Å². The Labute approximate surface area is 201 Å². The van der Waals surface area contributed by atoms with Gasteiger partial charge in [0.2, 0.25) is 5.91 Å². The zero-order valence-corrected chi connectivity index (χ0v) is 19.1. The molecule has 1 aliphatic rings. The quantitative estimate of drug-likeness (QED) is 0.447. The van der Waals surface area contributed by atoms with Crippen molar-refractivity contribution in [2.24, 2.45) is 0 Å². The number of tetrazole rings is 1. The van der Waals surface area contributed by atoms with Crippen molar-refractivity contribution >= 4 is 34.8 Å². The summed E-state index contributed by atoms with van der Waals surface area (Å²) in [4.78, 5) is 14.8. The SMILES string of the molecule is COc1ccc(NC(=O)CN2C(c3ccc(Cl)cc3)=CC(c3ccccc3)n3nnnc32)cc1. The highest BCUT2D eigenvalue weighted by Gasteiger charge is 2.31. The first kappa shape index (κ1) is 21.7. The van der Waals surface area contributed by atoms with Crippen molar-refractivity contribution < 1.29 is 9.53 Å². The van der Waals surface area contributed by atoms with Gasteiger partial charge in [0.1, 0.15) is 18.3 Å². The van der Waals surface area contributed by atoms with Gasteiger partial charge in [-0.1, -0.05) is 59.2 Å². The molecule has 1 unspecified atom stereocenters. The highest BCUT2D eigenvalue weighted by atomic mass is 35.5. The Morgan fingerprint density at radius 2 is 1.76 bits per heavy atom. The number of hydrogen-bond acceptors (Lipinski definition) is 6. The molecular weight excluding hydrogens is 452 g/mol. The number of carbonyl (C=O) groups is 1. The van der Waals surface area contributed by atoms with Gasteiger partial charge < -0.3 is 10.1 Å². The normalized spacial score (nSPS) is 14.8. The third kappa shape index (κ3) is 4.35. The van der Waals surface area contributed by atoms with Crippen LogP contribution >= 0.6 is 11.6 Å². The number of methoxy groups -OCH3 is 1. The van der Waals surface area contributed by atoms with Gasteiger partial charge in [-0.2, -0.15) is 4.68 Å². The number of amides is 1. The summed E-state index contributed by atoms with van der Waals surface area (Å²) in [6.07, 6.45) is 2.06. The van der Waals surface area contributed by atoms with Crippen molar-refractivity contribution in [2.75, 3.05) is 23.9 Å². The van der Waals surface area contributed by atoms with Gasteiger partial charge in [-0.3, -0.25) is 9.69 Å². The van der Waals surface area contributed by atoms with Crippen molar-refractivity contribution in [3.63, 3.8) is 0 Å². The number of benzene rings is 3. The summed E-state index contributed by atoms with van der Waals surface area (Å²) in [5.41, 5.74) is 3.42. The van der Waals surface area contributed by atoms with Crippen LogP contribution < -0.4 is 15.0 Å². The topological polar surface area (TPSA) is 85.2 Å². The lowest BCUT2D eigenvalue weighted by Gasteiger charge is -2.32. The summed E-state index contributed by atoms with van der Waals surface area (Å²) in [7, 11) is 1.60. The molecule has 34 heavy (non-hydrogen) atoms. The maximum atomic E-state index is 13.0. The second-order valence-electron chi connectivity index (χ2n) is 7.70. The number of rotatable bonds is 6. The van der Waals surface area contributed by atoms with E-state index in [2.05, 4.69) is 26.9 Å². The molecule has 5 rings (SSSR count). The Bertz CT molecular complexity index is 1320. The zero-order valence-electron chi connectivity index (χ0n) is 18.3. The van der Waals surface area contributed by atoms with Crippen molar-refractivity contribution in [1.29, 1.82) is 0 Å². The number of hydrogen-bond donors (Lipinski definition) is 1. The molecule has 1 atom stereocenters. The minimum absolute atomic E-state index is 0.0162. The molecule has 1 aliphatic heterocycles. The summed E-state index contributed by atoms with van der Waals surface area (Å²) in [6, 6.07) is 24.4. The van der Waals surface area contributed by atoms with Gasteiger partial charge in [0.25, 0.3) is 5.95 Å². The molecule has 1 N–H and O–H groups in total. The molecule has 0 radical (unpaired) electrons. The number of halogens is 1. The van der Waals surface area contributed by atoms with Gasteiger partial charge >= 0.3 is 0 Å². The van der Waals surface area contributed by atoms with Crippen LogP contribution in [0.4, 0.5) is 11.6 Å². The molecule has 9 heteroatoms. The molecule has 8 nitrogen and oxygen atoms in total. The maximum Gasteiger partial charge on any atom is 0.251 e. The number of anilines is 2. The van der Waals surface area contributed by atoms with Crippen molar-refractivity contribution in [3.8, 4) is 5.75 Å². The first-order chi connectivity index (χ1) is 16.6. The first-order valence-corrected chi connectivity index (χ1v) is 11.0. The number of fused-ring (bicyclic) bond motifs is 1. The molecule has 170 valence electrons. The molecule has 2 heterocycles. The molecule has 0 aliphatic carbocycles. The fourth-order valence-electron chi connectivity index (χ4n) is 3.90. The van der Waals surface area contributed by atoms with Gasteiger partial charge in [-0.25, -0.2) is 0 Å². The summed E-state index contributed by atoms with van der Waals surface area (Å²) in [5.74, 6) is 0.983. The lowest BCUT2D eigenvalue weighted by Crippen LogP contribution is -2.37. The number of ether oxygens (including phenoxy) is 1. The standard InChI is InChI=1S/C25H21ClN6O2/c1-34-21-13-11-20(12-14-21)27-24(33)16-31-22(18-7-9-19(26)10-8-18)15-23(17-5-3-2-4-6-17)32-25(31)28-29-30-32/h2-15,23H,16H2,1H3,(H,27,33). The molecule has 0 spiro atoms. The van der Waals surface area contributed by atoms with Crippen LogP contribution in [0, 0.1) is 0 Å².